The van der Waals surface area contributed by atoms with E-state index in [1.807, 2.05) is 19.9 Å². The zero-order valence-corrected chi connectivity index (χ0v) is 16.1. The molecule has 0 spiro atoms. The van der Waals surface area contributed by atoms with Gasteiger partial charge in [-0.15, -0.1) is 0 Å². The second-order valence-electron chi connectivity index (χ2n) is 7.26. The van der Waals surface area contributed by atoms with Crippen molar-refractivity contribution >= 4 is 5.91 Å². The molecule has 0 unspecified atom stereocenters. The summed E-state index contributed by atoms with van der Waals surface area (Å²) in [5.41, 5.74) is 2.23. The van der Waals surface area contributed by atoms with E-state index in [-0.39, 0.29) is 23.8 Å². The van der Waals surface area contributed by atoms with Crippen LogP contribution < -0.4 is 5.32 Å². The van der Waals surface area contributed by atoms with Gasteiger partial charge in [0.25, 0.3) is 0 Å². The SMILES string of the molecule is C[C@@H](NC(=O)[C@H](C)N1CCN(Cc2ccccc2)CC1)c1ccc(F)cc1. The van der Waals surface area contributed by atoms with Crippen molar-refractivity contribution < 1.29 is 9.18 Å². The minimum atomic E-state index is -0.265. The molecule has 1 saturated heterocycles. The molecule has 0 saturated carbocycles. The molecule has 1 aliphatic rings. The molecule has 1 aliphatic heterocycles. The maximum atomic E-state index is 13.1. The molecule has 1 amide bonds. The van der Waals surface area contributed by atoms with Gasteiger partial charge in [0.2, 0.25) is 5.91 Å². The highest BCUT2D eigenvalue weighted by Gasteiger charge is 2.26. The van der Waals surface area contributed by atoms with E-state index >= 15 is 0 Å². The number of carbonyl (C=O) groups excluding carboxylic acids is 1. The summed E-state index contributed by atoms with van der Waals surface area (Å²) < 4.78 is 13.1. The number of nitrogens with zero attached hydrogens (tertiary/aromatic N) is 2. The number of amides is 1. The lowest BCUT2D eigenvalue weighted by atomic mass is 10.1. The van der Waals surface area contributed by atoms with Crippen molar-refractivity contribution in [2.24, 2.45) is 0 Å². The molecule has 1 N–H and O–H groups in total. The third-order valence-corrected chi connectivity index (χ3v) is 5.31. The number of carbonyl (C=O) groups is 1. The van der Waals surface area contributed by atoms with Crippen molar-refractivity contribution in [2.45, 2.75) is 32.5 Å². The minimum absolute atomic E-state index is 0.0170. The lowest BCUT2D eigenvalue weighted by molar-refractivity contribution is -0.127. The molecule has 2 aromatic rings. The summed E-state index contributed by atoms with van der Waals surface area (Å²) in [6.45, 7) is 8.52. The average Bonchev–Trinajstić information content (AvgIpc) is 2.69. The van der Waals surface area contributed by atoms with Crippen LogP contribution in [0.2, 0.25) is 0 Å². The van der Waals surface area contributed by atoms with E-state index in [0.29, 0.717) is 0 Å². The lowest BCUT2D eigenvalue weighted by Gasteiger charge is -2.37. The summed E-state index contributed by atoms with van der Waals surface area (Å²) >= 11 is 0. The van der Waals surface area contributed by atoms with Crippen LogP contribution in [0.3, 0.4) is 0 Å². The fourth-order valence-corrected chi connectivity index (χ4v) is 3.48. The number of hydrogen-bond donors (Lipinski definition) is 1. The molecule has 4 nitrogen and oxygen atoms in total. The Morgan fingerprint density at radius 3 is 2.26 bits per heavy atom. The van der Waals surface area contributed by atoms with Gasteiger partial charge in [0.05, 0.1) is 12.1 Å². The van der Waals surface area contributed by atoms with Gasteiger partial charge in [-0.25, -0.2) is 4.39 Å². The smallest absolute Gasteiger partial charge is 0.237 e. The number of hydrogen-bond acceptors (Lipinski definition) is 3. The molecule has 144 valence electrons. The van der Waals surface area contributed by atoms with Crippen LogP contribution in [0.4, 0.5) is 4.39 Å². The standard InChI is InChI=1S/C22H28FN3O/c1-17(20-8-10-21(23)11-9-20)24-22(27)18(2)26-14-12-25(13-15-26)16-19-6-4-3-5-7-19/h3-11,17-18H,12-16H2,1-2H3,(H,24,27)/t17-,18+/m1/s1. The Labute approximate surface area is 161 Å². The van der Waals surface area contributed by atoms with Gasteiger partial charge in [-0.3, -0.25) is 14.6 Å². The van der Waals surface area contributed by atoms with Crippen molar-refractivity contribution in [3.05, 3.63) is 71.5 Å². The molecular formula is C22H28FN3O. The summed E-state index contributed by atoms with van der Waals surface area (Å²) in [7, 11) is 0. The minimum Gasteiger partial charge on any atom is -0.348 e. The number of piperazine rings is 1. The maximum absolute atomic E-state index is 13.1. The van der Waals surface area contributed by atoms with Crippen LogP contribution in [-0.4, -0.2) is 47.9 Å². The molecule has 1 heterocycles. The van der Waals surface area contributed by atoms with Crippen molar-refractivity contribution in [3.63, 3.8) is 0 Å². The molecule has 0 aliphatic carbocycles. The van der Waals surface area contributed by atoms with Crippen LogP contribution >= 0.6 is 0 Å². The topological polar surface area (TPSA) is 35.6 Å². The van der Waals surface area contributed by atoms with Gasteiger partial charge < -0.3 is 5.32 Å². The molecule has 2 atom stereocenters. The van der Waals surface area contributed by atoms with E-state index in [1.165, 1.54) is 17.7 Å². The van der Waals surface area contributed by atoms with E-state index in [4.69, 9.17) is 0 Å². The predicted octanol–water partition coefficient (Wildman–Crippen LogP) is 3.21. The molecule has 5 heteroatoms. The highest BCUT2D eigenvalue weighted by atomic mass is 19.1. The first-order valence-corrected chi connectivity index (χ1v) is 9.59. The van der Waals surface area contributed by atoms with Gasteiger partial charge in [0.15, 0.2) is 0 Å². The van der Waals surface area contributed by atoms with Crippen LogP contribution in [0.15, 0.2) is 54.6 Å². The van der Waals surface area contributed by atoms with E-state index in [1.54, 1.807) is 12.1 Å². The summed E-state index contributed by atoms with van der Waals surface area (Å²) in [5.74, 6) is -0.248. The lowest BCUT2D eigenvalue weighted by Crippen LogP contribution is -2.53. The van der Waals surface area contributed by atoms with Crippen LogP contribution in [0.1, 0.15) is 31.0 Å². The van der Waals surface area contributed by atoms with Crippen LogP contribution in [0.25, 0.3) is 0 Å². The first kappa shape index (κ1) is 19.5. The molecule has 2 aromatic carbocycles. The zero-order valence-electron chi connectivity index (χ0n) is 16.1. The molecule has 3 rings (SSSR count). The van der Waals surface area contributed by atoms with Crippen molar-refractivity contribution in [3.8, 4) is 0 Å². The molecule has 0 radical (unpaired) electrons. The third kappa shape index (κ3) is 5.37. The Morgan fingerprint density at radius 2 is 1.63 bits per heavy atom. The monoisotopic (exact) mass is 369 g/mol. The molecule has 1 fully saturated rings. The molecule has 0 bridgehead atoms. The van der Waals surface area contributed by atoms with Crippen molar-refractivity contribution in [1.29, 1.82) is 0 Å². The third-order valence-electron chi connectivity index (χ3n) is 5.31. The fourth-order valence-electron chi connectivity index (χ4n) is 3.48. The largest absolute Gasteiger partial charge is 0.348 e. The van der Waals surface area contributed by atoms with E-state index in [9.17, 15) is 9.18 Å². The van der Waals surface area contributed by atoms with Gasteiger partial charge >= 0.3 is 0 Å². The first-order valence-electron chi connectivity index (χ1n) is 9.59. The quantitative estimate of drug-likeness (QED) is 0.849. The van der Waals surface area contributed by atoms with Gasteiger partial charge in [-0.1, -0.05) is 42.5 Å². The highest BCUT2D eigenvalue weighted by molar-refractivity contribution is 5.81. The normalized spacial score (nSPS) is 18.0. The van der Waals surface area contributed by atoms with Crippen molar-refractivity contribution in [2.75, 3.05) is 26.2 Å². The Morgan fingerprint density at radius 1 is 1.00 bits per heavy atom. The van der Waals surface area contributed by atoms with Crippen LogP contribution in [0, 0.1) is 5.82 Å². The van der Waals surface area contributed by atoms with Gasteiger partial charge in [-0.05, 0) is 37.1 Å². The van der Waals surface area contributed by atoms with Crippen LogP contribution in [0.5, 0.6) is 0 Å². The number of rotatable bonds is 6. The summed E-state index contributed by atoms with van der Waals surface area (Å²) in [4.78, 5) is 17.3. The van der Waals surface area contributed by atoms with Gasteiger partial charge in [0.1, 0.15) is 5.82 Å². The Balaban J connectivity index is 1.47. The van der Waals surface area contributed by atoms with Crippen molar-refractivity contribution in [1.82, 2.24) is 15.1 Å². The summed E-state index contributed by atoms with van der Waals surface area (Å²) in [5, 5.41) is 3.05. The van der Waals surface area contributed by atoms with E-state index in [2.05, 4.69) is 39.4 Å². The zero-order chi connectivity index (χ0) is 19.2. The molecule has 27 heavy (non-hydrogen) atoms. The second kappa shape index (κ2) is 9.11. The molecular weight excluding hydrogens is 341 g/mol. The number of nitrogens with one attached hydrogen (secondary N) is 1. The second-order valence-corrected chi connectivity index (χ2v) is 7.26. The number of halogens is 1. The summed E-state index contributed by atoms with van der Waals surface area (Å²) in [6.07, 6.45) is 0. The van der Waals surface area contributed by atoms with E-state index < -0.39 is 0 Å². The van der Waals surface area contributed by atoms with E-state index in [0.717, 1.165) is 38.3 Å². The van der Waals surface area contributed by atoms with Gasteiger partial charge in [-0.2, -0.15) is 0 Å². The summed E-state index contributed by atoms with van der Waals surface area (Å²) in [6, 6.07) is 16.4. The fraction of sp³-hybridized carbons (Fsp3) is 0.409. The first-order chi connectivity index (χ1) is 13.0. The van der Waals surface area contributed by atoms with Gasteiger partial charge in [0, 0.05) is 32.7 Å². The Kier molecular flexibility index (Phi) is 6.58. The average molecular weight is 369 g/mol. The number of benzene rings is 2. The maximum Gasteiger partial charge on any atom is 0.237 e. The Hall–Kier alpha value is -2.24. The highest BCUT2D eigenvalue weighted by Crippen LogP contribution is 2.15. The molecule has 0 aromatic heterocycles. The predicted molar refractivity (Wildman–Crippen MR) is 106 cm³/mol. The van der Waals surface area contributed by atoms with Crippen LogP contribution in [-0.2, 0) is 11.3 Å². The Bertz CT molecular complexity index is 727.